The zero-order valence-corrected chi connectivity index (χ0v) is 13.2. The summed E-state index contributed by atoms with van der Waals surface area (Å²) in [5.41, 5.74) is -0.575. The molecular formula is C17H28N2O2. The van der Waals surface area contributed by atoms with Crippen LogP contribution in [0.3, 0.4) is 0 Å². The molecule has 4 nitrogen and oxygen atoms in total. The lowest BCUT2D eigenvalue weighted by atomic mass is 9.79. The van der Waals surface area contributed by atoms with Crippen LogP contribution in [0.5, 0.6) is 0 Å². The zero-order valence-electron chi connectivity index (χ0n) is 13.2. The largest absolute Gasteiger partial charge is 0.342 e. The molecule has 1 N–H and O–H groups in total. The number of nitrogens with one attached hydrogen (secondary N) is 1. The normalized spacial score (nSPS) is 33.7. The Kier molecular flexibility index (Phi) is 4.23. The van der Waals surface area contributed by atoms with Crippen LogP contribution in [-0.2, 0) is 9.59 Å². The van der Waals surface area contributed by atoms with Gasteiger partial charge in [-0.25, -0.2) is 0 Å². The Hall–Kier alpha value is -1.06. The van der Waals surface area contributed by atoms with E-state index in [9.17, 15) is 9.59 Å². The van der Waals surface area contributed by atoms with E-state index in [2.05, 4.69) is 17.1 Å². The van der Waals surface area contributed by atoms with E-state index in [4.69, 9.17) is 0 Å². The van der Waals surface area contributed by atoms with E-state index in [1.54, 1.807) is 0 Å². The van der Waals surface area contributed by atoms with E-state index in [0.717, 1.165) is 44.4 Å². The van der Waals surface area contributed by atoms with Gasteiger partial charge < -0.3 is 10.2 Å². The Balaban J connectivity index is 1.79. The fourth-order valence-electron chi connectivity index (χ4n) is 4.38. The summed E-state index contributed by atoms with van der Waals surface area (Å²) in [7, 11) is 0. The van der Waals surface area contributed by atoms with Crippen molar-refractivity contribution in [2.24, 2.45) is 5.92 Å². The molecule has 1 aliphatic heterocycles. The highest BCUT2D eigenvalue weighted by atomic mass is 16.2. The third-order valence-corrected chi connectivity index (χ3v) is 5.76. The summed E-state index contributed by atoms with van der Waals surface area (Å²) in [6.45, 7) is 2.92. The fourth-order valence-corrected chi connectivity index (χ4v) is 4.38. The minimum atomic E-state index is -0.575. The summed E-state index contributed by atoms with van der Waals surface area (Å²) in [6, 6.07) is 0.361. The first-order valence-electron chi connectivity index (χ1n) is 8.73. The lowest BCUT2D eigenvalue weighted by Gasteiger charge is -2.42. The van der Waals surface area contributed by atoms with Crippen molar-refractivity contribution in [3.8, 4) is 0 Å². The van der Waals surface area contributed by atoms with Gasteiger partial charge in [-0.3, -0.25) is 9.59 Å². The maximum Gasteiger partial charge on any atom is 0.248 e. The first-order chi connectivity index (χ1) is 10.1. The van der Waals surface area contributed by atoms with E-state index in [0.29, 0.717) is 19.0 Å². The molecule has 0 radical (unpaired) electrons. The van der Waals surface area contributed by atoms with Gasteiger partial charge in [-0.1, -0.05) is 26.2 Å². The second-order valence-electron chi connectivity index (χ2n) is 7.35. The van der Waals surface area contributed by atoms with Gasteiger partial charge in [0.15, 0.2) is 0 Å². The molecular weight excluding hydrogens is 264 g/mol. The van der Waals surface area contributed by atoms with Crippen LogP contribution >= 0.6 is 0 Å². The van der Waals surface area contributed by atoms with Crippen LogP contribution in [0, 0.1) is 5.92 Å². The topological polar surface area (TPSA) is 49.4 Å². The summed E-state index contributed by atoms with van der Waals surface area (Å²) >= 11 is 0. The molecule has 2 amide bonds. The Labute approximate surface area is 127 Å². The third kappa shape index (κ3) is 2.95. The van der Waals surface area contributed by atoms with Crippen molar-refractivity contribution in [3.63, 3.8) is 0 Å². The highest BCUT2D eigenvalue weighted by molar-refractivity contribution is 5.93. The van der Waals surface area contributed by atoms with Gasteiger partial charge in [0.05, 0.1) is 0 Å². The zero-order chi connectivity index (χ0) is 14.9. The minimum Gasteiger partial charge on any atom is -0.342 e. The van der Waals surface area contributed by atoms with Crippen molar-refractivity contribution in [1.82, 2.24) is 10.2 Å². The number of carbonyl (C=O) groups excluding carboxylic acids is 2. The van der Waals surface area contributed by atoms with Crippen LogP contribution in [0.1, 0.15) is 71.1 Å². The lowest BCUT2D eigenvalue weighted by Crippen LogP contribution is -2.59. The van der Waals surface area contributed by atoms with Gasteiger partial charge in [0, 0.05) is 19.0 Å². The molecule has 3 rings (SSSR count). The van der Waals surface area contributed by atoms with Crippen molar-refractivity contribution in [2.75, 3.05) is 6.54 Å². The smallest absolute Gasteiger partial charge is 0.248 e. The van der Waals surface area contributed by atoms with E-state index in [-0.39, 0.29) is 11.8 Å². The molecule has 0 aromatic rings. The fraction of sp³-hybridized carbons (Fsp3) is 0.882. The van der Waals surface area contributed by atoms with Crippen molar-refractivity contribution >= 4 is 11.8 Å². The van der Waals surface area contributed by atoms with E-state index < -0.39 is 5.54 Å². The van der Waals surface area contributed by atoms with Crippen molar-refractivity contribution in [2.45, 2.75) is 82.7 Å². The average Bonchev–Trinajstić information content (AvgIpc) is 2.60. The molecule has 4 heteroatoms. The monoisotopic (exact) mass is 292 g/mol. The second-order valence-corrected chi connectivity index (χ2v) is 7.35. The molecule has 0 aromatic heterocycles. The molecule has 0 atom stereocenters. The van der Waals surface area contributed by atoms with Gasteiger partial charge in [0.25, 0.3) is 0 Å². The summed E-state index contributed by atoms with van der Waals surface area (Å²) < 4.78 is 0. The first kappa shape index (κ1) is 14.9. The maximum atomic E-state index is 13.2. The Bertz CT molecular complexity index is 407. The lowest BCUT2D eigenvalue weighted by molar-refractivity contribution is -0.143. The van der Waals surface area contributed by atoms with Crippen LogP contribution in [0.25, 0.3) is 0 Å². The van der Waals surface area contributed by atoms with Crippen LogP contribution in [0.4, 0.5) is 0 Å². The standard InChI is InChI=1S/C17H28N2O2/c1-13-5-7-14(8-6-13)19-12-9-15(20)18-17(16(19)21)10-3-2-4-11-17/h13-14H,2-12H2,1H3,(H,18,20). The average molecular weight is 292 g/mol. The predicted octanol–water partition coefficient (Wildman–Crippen LogP) is 2.62. The van der Waals surface area contributed by atoms with Crippen molar-refractivity contribution < 1.29 is 9.59 Å². The molecule has 0 aromatic carbocycles. The van der Waals surface area contributed by atoms with Gasteiger partial charge in [0.2, 0.25) is 11.8 Å². The summed E-state index contributed by atoms with van der Waals surface area (Å²) in [4.78, 5) is 27.3. The molecule has 1 heterocycles. The molecule has 0 unspecified atom stereocenters. The Morgan fingerprint density at radius 3 is 2.38 bits per heavy atom. The minimum absolute atomic E-state index is 0.0666. The van der Waals surface area contributed by atoms with Crippen molar-refractivity contribution in [1.29, 1.82) is 0 Å². The molecule has 2 aliphatic carbocycles. The number of rotatable bonds is 1. The number of amides is 2. The van der Waals surface area contributed by atoms with Gasteiger partial charge >= 0.3 is 0 Å². The van der Waals surface area contributed by atoms with E-state index >= 15 is 0 Å². The molecule has 0 bridgehead atoms. The number of hydrogen-bond donors (Lipinski definition) is 1. The van der Waals surface area contributed by atoms with Gasteiger partial charge in [-0.2, -0.15) is 0 Å². The molecule has 3 fully saturated rings. The second kappa shape index (κ2) is 5.98. The van der Waals surface area contributed by atoms with E-state index in [1.807, 2.05) is 0 Å². The summed E-state index contributed by atoms with van der Waals surface area (Å²) in [6.07, 6.45) is 10.1. The molecule has 2 saturated carbocycles. The van der Waals surface area contributed by atoms with Gasteiger partial charge in [0.1, 0.15) is 5.54 Å². The highest BCUT2D eigenvalue weighted by Crippen LogP contribution is 2.35. The Morgan fingerprint density at radius 1 is 1.05 bits per heavy atom. The molecule has 1 saturated heterocycles. The van der Waals surface area contributed by atoms with E-state index in [1.165, 1.54) is 19.3 Å². The first-order valence-corrected chi connectivity index (χ1v) is 8.73. The summed E-state index contributed by atoms with van der Waals surface area (Å²) in [5, 5.41) is 3.09. The SMILES string of the molecule is CC1CCC(N2CCC(=O)NC3(CCCCC3)C2=O)CC1. The van der Waals surface area contributed by atoms with Gasteiger partial charge in [-0.05, 0) is 44.4 Å². The number of hydrogen-bond acceptors (Lipinski definition) is 2. The number of carbonyl (C=O) groups is 2. The maximum absolute atomic E-state index is 13.2. The molecule has 118 valence electrons. The highest BCUT2D eigenvalue weighted by Gasteiger charge is 2.46. The van der Waals surface area contributed by atoms with Gasteiger partial charge in [-0.15, -0.1) is 0 Å². The van der Waals surface area contributed by atoms with Crippen LogP contribution < -0.4 is 5.32 Å². The molecule has 3 aliphatic rings. The summed E-state index contributed by atoms with van der Waals surface area (Å²) in [5.74, 6) is 1.07. The van der Waals surface area contributed by atoms with Crippen LogP contribution in [0.2, 0.25) is 0 Å². The quantitative estimate of drug-likeness (QED) is 0.807. The third-order valence-electron chi connectivity index (χ3n) is 5.76. The number of nitrogens with zero attached hydrogens (tertiary/aromatic N) is 1. The Morgan fingerprint density at radius 2 is 1.71 bits per heavy atom. The molecule has 21 heavy (non-hydrogen) atoms. The predicted molar refractivity (Wildman–Crippen MR) is 81.7 cm³/mol. The molecule has 1 spiro atoms. The van der Waals surface area contributed by atoms with Crippen LogP contribution in [0.15, 0.2) is 0 Å². The van der Waals surface area contributed by atoms with Crippen LogP contribution in [-0.4, -0.2) is 34.8 Å². The van der Waals surface area contributed by atoms with Crippen molar-refractivity contribution in [3.05, 3.63) is 0 Å².